The van der Waals surface area contributed by atoms with E-state index in [1.807, 2.05) is 11.1 Å². The van der Waals surface area contributed by atoms with Gasteiger partial charge in [0, 0.05) is 35.0 Å². The van der Waals surface area contributed by atoms with E-state index in [1.165, 1.54) is 40.8 Å². The molecule has 1 amide bonds. The van der Waals surface area contributed by atoms with Crippen LogP contribution in [0, 0.1) is 17.6 Å². The molecule has 0 saturated carbocycles. The molecule has 1 saturated heterocycles. The first-order valence-electron chi connectivity index (χ1n) is 13.1. The molecule has 0 spiro atoms. The van der Waals surface area contributed by atoms with E-state index in [0.717, 1.165) is 31.2 Å². The van der Waals surface area contributed by atoms with Gasteiger partial charge in [-0.2, -0.15) is 0 Å². The number of benzene rings is 2. The van der Waals surface area contributed by atoms with Crippen molar-refractivity contribution in [1.82, 2.24) is 9.58 Å². The van der Waals surface area contributed by atoms with Crippen molar-refractivity contribution in [2.45, 2.75) is 61.9 Å². The lowest BCUT2D eigenvalue weighted by molar-refractivity contribution is 0.0366. The lowest BCUT2D eigenvalue weighted by atomic mass is 9.86. The predicted molar refractivity (Wildman–Crippen MR) is 142 cm³/mol. The summed E-state index contributed by atoms with van der Waals surface area (Å²) in [6, 6.07) is 10.2. The Bertz CT molecular complexity index is 1480. The first-order valence-corrected chi connectivity index (χ1v) is 14.1. The SMILES string of the molecule is CCCCC1CCN2C(=O)c3c(O)c(=O)ccn3N(C3c4cccc(F)c4SCc4cccc(F)c43)C2C1. The van der Waals surface area contributed by atoms with Crippen LogP contribution in [0.5, 0.6) is 5.75 Å². The Balaban J connectivity index is 1.63. The average Bonchev–Trinajstić information content (AvgIpc) is 3.08. The van der Waals surface area contributed by atoms with Crippen molar-refractivity contribution in [2.75, 3.05) is 11.6 Å². The summed E-state index contributed by atoms with van der Waals surface area (Å²) in [6.45, 7) is 2.61. The molecular formula is C29H29F2N3O3S. The maximum absolute atomic E-state index is 15.8. The summed E-state index contributed by atoms with van der Waals surface area (Å²) < 4.78 is 32.5. The minimum Gasteiger partial charge on any atom is -0.502 e. The van der Waals surface area contributed by atoms with Crippen molar-refractivity contribution in [3.8, 4) is 5.75 Å². The van der Waals surface area contributed by atoms with Crippen LogP contribution in [0.2, 0.25) is 0 Å². The molecular weight excluding hydrogens is 508 g/mol. The fourth-order valence-electron chi connectivity index (χ4n) is 6.23. The van der Waals surface area contributed by atoms with Crippen LogP contribution in [-0.4, -0.2) is 33.3 Å². The zero-order valence-electron chi connectivity index (χ0n) is 21.1. The first kappa shape index (κ1) is 25.0. The van der Waals surface area contributed by atoms with Crippen LogP contribution >= 0.6 is 11.8 Å². The summed E-state index contributed by atoms with van der Waals surface area (Å²) in [4.78, 5) is 28.3. The summed E-state index contributed by atoms with van der Waals surface area (Å²) in [5, 5.41) is 12.7. The molecule has 38 heavy (non-hydrogen) atoms. The summed E-state index contributed by atoms with van der Waals surface area (Å²) in [5.74, 6) is -1.12. The van der Waals surface area contributed by atoms with E-state index < -0.39 is 35.1 Å². The summed E-state index contributed by atoms with van der Waals surface area (Å²) in [7, 11) is 0. The minimum atomic E-state index is -0.793. The zero-order valence-corrected chi connectivity index (χ0v) is 21.9. The predicted octanol–water partition coefficient (Wildman–Crippen LogP) is 5.55. The zero-order chi connectivity index (χ0) is 26.6. The largest absolute Gasteiger partial charge is 0.502 e. The fourth-order valence-corrected chi connectivity index (χ4v) is 7.33. The third-order valence-corrected chi connectivity index (χ3v) is 9.24. The molecule has 3 aromatic rings. The molecule has 0 bridgehead atoms. The van der Waals surface area contributed by atoms with Gasteiger partial charge in [0.15, 0.2) is 11.4 Å². The van der Waals surface area contributed by atoms with Gasteiger partial charge in [0.1, 0.15) is 23.8 Å². The van der Waals surface area contributed by atoms with Gasteiger partial charge in [-0.3, -0.25) is 19.3 Å². The van der Waals surface area contributed by atoms with E-state index in [2.05, 4.69) is 6.92 Å². The van der Waals surface area contributed by atoms with Crippen LogP contribution in [0.4, 0.5) is 8.78 Å². The smallest absolute Gasteiger partial charge is 0.278 e. The Kier molecular flexibility index (Phi) is 6.42. The number of hydrogen-bond acceptors (Lipinski definition) is 5. The Morgan fingerprint density at radius 1 is 1.08 bits per heavy atom. The second-order valence-electron chi connectivity index (χ2n) is 10.3. The molecule has 0 aliphatic carbocycles. The van der Waals surface area contributed by atoms with Crippen LogP contribution in [0.3, 0.4) is 0 Å². The molecule has 3 atom stereocenters. The van der Waals surface area contributed by atoms with Gasteiger partial charge in [0.25, 0.3) is 5.91 Å². The van der Waals surface area contributed by atoms with Crippen LogP contribution in [0.15, 0.2) is 58.4 Å². The highest BCUT2D eigenvalue weighted by molar-refractivity contribution is 7.98. The second-order valence-corrected chi connectivity index (χ2v) is 11.3. The van der Waals surface area contributed by atoms with Gasteiger partial charge < -0.3 is 10.0 Å². The maximum atomic E-state index is 15.8. The Hall–Kier alpha value is -3.33. The number of unbranched alkanes of at least 4 members (excludes halogenated alkanes) is 1. The highest BCUT2D eigenvalue weighted by Crippen LogP contribution is 2.47. The third kappa shape index (κ3) is 3.90. The molecule has 1 aromatic heterocycles. The van der Waals surface area contributed by atoms with Crippen molar-refractivity contribution >= 4 is 17.7 Å². The number of pyridine rings is 1. The molecule has 9 heteroatoms. The number of aromatic nitrogens is 1. The number of carbonyl (C=O) groups is 1. The molecule has 3 aliphatic rings. The van der Waals surface area contributed by atoms with E-state index in [0.29, 0.717) is 40.7 Å². The normalized spacial score (nSPS) is 22.3. The topological polar surface area (TPSA) is 65.8 Å². The Morgan fingerprint density at radius 2 is 1.87 bits per heavy atom. The fraction of sp³-hybridized carbons (Fsp3) is 0.379. The van der Waals surface area contributed by atoms with Crippen molar-refractivity contribution in [1.29, 1.82) is 0 Å². The molecule has 3 aliphatic heterocycles. The second kappa shape index (κ2) is 9.76. The molecule has 6 nitrogen and oxygen atoms in total. The summed E-state index contributed by atoms with van der Waals surface area (Å²) >= 11 is 1.33. The number of piperidine rings is 1. The van der Waals surface area contributed by atoms with E-state index in [9.17, 15) is 14.7 Å². The van der Waals surface area contributed by atoms with Crippen molar-refractivity contribution < 1.29 is 18.7 Å². The van der Waals surface area contributed by atoms with Gasteiger partial charge in [-0.05, 0) is 42.0 Å². The van der Waals surface area contributed by atoms with Gasteiger partial charge in [-0.1, -0.05) is 50.5 Å². The minimum absolute atomic E-state index is 0.145. The van der Waals surface area contributed by atoms with E-state index in [-0.39, 0.29) is 11.5 Å². The van der Waals surface area contributed by atoms with E-state index >= 15 is 8.78 Å². The molecule has 0 radical (unpaired) electrons. The van der Waals surface area contributed by atoms with Crippen LogP contribution in [0.25, 0.3) is 0 Å². The van der Waals surface area contributed by atoms with Crippen LogP contribution < -0.4 is 10.4 Å². The first-order chi connectivity index (χ1) is 18.4. The molecule has 2 aromatic carbocycles. The van der Waals surface area contributed by atoms with Gasteiger partial charge in [-0.25, -0.2) is 8.78 Å². The number of halogens is 2. The molecule has 1 fully saturated rings. The van der Waals surface area contributed by atoms with E-state index in [4.69, 9.17) is 0 Å². The Labute approximate surface area is 223 Å². The number of nitrogens with zero attached hydrogens (tertiary/aromatic N) is 3. The highest BCUT2D eigenvalue weighted by Gasteiger charge is 2.47. The van der Waals surface area contributed by atoms with Crippen LogP contribution in [-0.2, 0) is 5.75 Å². The highest BCUT2D eigenvalue weighted by atomic mass is 32.2. The van der Waals surface area contributed by atoms with Crippen molar-refractivity contribution in [3.63, 3.8) is 0 Å². The van der Waals surface area contributed by atoms with E-state index in [1.54, 1.807) is 23.1 Å². The lowest BCUT2D eigenvalue weighted by Crippen LogP contribution is -2.64. The number of amides is 1. The number of rotatable bonds is 4. The van der Waals surface area contributed by atoms with Gasteiger partial charge in [0.05, 0.1) is 0 Å². The van der Waals surface area contributed by atoms with Gasteiger partial charge in [0.2, 0.25) is 5.43 Å². The molecule has 4 heterocycles. The number of carbonyl (C=O) groups excluding carboxylic acids is 1. The monoisotopic (exact) mass is 537 g/mol. The molecule has 198 valence electrons. The Morgan fingerprint density at radius 3 is 2.68 bits per heavy atom. The number of thioether (sulfide) groups is 1. The summed E-state index contributed by atoms with van der Waals surface area (Å²) in [6.07, 6.45) is 5.61. The van der Waals surface area contributed by atoms with Gasteiger partial charge >= 0.3 is 0 Å². The molecule has 1 N–H and O–H groups in total. The van der Waals surface area contributed by atoms with Crippen molar-refractivity contribution in [3.05, 3.63) is 92.9 Å². The van der Waals surface area contributed by atoms with Crippen molar-refractivity contribution in [2.24, 2.45) is 5.92 Å². The standard InChI is InChI=1S/C29H29F2N3O3S/c1-2-3-6-17-11-13-32-23(15-17)34(33-14-12-22(35)27(36)26(33)29(32)37)25-19-8-5-10-21(31)28(19)38-16-18-7-4-9-20(30)24(18)25/h4-5,7-10,12,14,17,23,25,36H,2-3,6,11,13,15-16H2,1H3. The lowest BCUT2D eigenvalue weighted by Gasteiger charge is -2.53. The quantitative estimate of drug-likeness (QED) is 0.473. The molecule has 3 unspecified atom stereocenters. The van der Waals surface area contributed by atoms with Crippen LogP contribution in [0.1, 0.15) is 72.2 Å². The maximum Gasteiger partial charge on any atom is 0.278 e. The number of fused-ring (bicyclic) bond motifs is 4. The molecule has 6 rings (SSSR count). The third-order valence-electron chi connectivity index (χ3n) is 8.06. The number of aromatic hydroxyl groups is 1. The number of hydrogen-bond donors (Lipinski definition) is 1. The average molecular weight is 538 g/mol. The van der Waals surface area contributed by atoms with Gasteiger partial charge in [-0.15, -0.1) is 11.8 Å². The summed E-state index contributed by atoms with van der Waals surface area (Å²) in [5.41, 5.74) is 0.944.